The predicted molar refractivity (Wildman–Crippen MR) is 59.3 cm³/mol. The van der Waals surface area contributed by atoms with Crippen molar-refractivity contribution >= 4 is 17.3 Å². The van der Waals surface area contributed by atoms with Gasteiger partial charge < -0.3 is 5.21 Å². The van der Waals surface area contributed by atoms with Crippen molar-refractivity contribution < 1.29 is 5.21 Å². The van der Waals surface area contributed by atoms with Gasteiger partial charge in [0.25, 0.3) is 0 Å². The second kappa shape index (κ2) is 5.01. The first-order valence-electron chi connectivity index (χ1n) is 4.60. The minimum absolute atomic E-state index is 0.342. The van der Waals surface area contributed by atoms with E-state index in [1.165, 1.54) is 5.56 Å². The Morgan fingerprint density at radius 3 is 2.43 bits per heavy atom. The number of halogens is 1. The fraction of sp³-hybridized carbons (Fsp3) is 0.364. The normalized spacial score (nSPS) is 14.1. The van der Waals surface area contributed by atoms with Gasteiger partial charge in [0.05, 0.1) is 11.1 Å². The Morgan fingerprint density at radius 2 is 2.00 bits per heavy atom. The molecular weight excluding hydrogens is 198 g/mol. The van der Waals surface area contributed by atoms with Crippen LogP contribution < -0.4 is 0 Å². The van der Waals surface area contributed by atoms with Crippen LogP contribution in [-0.4, -0.2) is 10.9 Å². The van der Waals surface area contributed by atoms with E-state index in [0.717, 1.165) is 12.0 Å². The molecule has 0 spiro atoms. The van der Waals surface area contributed by atoms with Crippen molar-refractivity contribution in [3.63, 3.8) is 0 Å². The van der Waals surface area contributed by atoms with E-state index in [0.29, 0.717) is 5.71 Å². The van der Waals surface area contributed by atoms with E-state index in [4.69, 9.17) is 16.8 Å². The standard InChI is InChI=1S/C11H14ClNO/c1-3-9-4-6-10(7-5-9)11(12)8(2)13-14/h4-7,11,14H,3H2,1-2H3/b13-8+. The number of rotatable bonds is 3. The fourth-order valence-corrected chi connectivity index (χ4v) is 1.40. The molecule has 0 radical (unpaired) electrons. The van der Waals surface area contributed by atoms with E-state index in [9.17, 15) is 0 Å². The Kier molecular flexibility index (Phi) is 3.96. The Balaban J connectivity index is 2.86. The highest BCUT2D eigenvalue weighted by Gasteiger charge is 2.11. The zero-order chi connectivity index (χ0) is 10.6. The summed E-state index contributed by atoms with van der Waals surface area (Å²) in [4.78, 5) is 0. The molecule has 1 N–H and O–H groups in total. The van der Waals surface area contributed by atoms with Crippen LogP contribution in [0, 0.1) is 0 Å². The van der Waals surface area contributed by atoms with Gasteiger partial charge in [0, 0.05) is 0 Å². The molecule has 14 heavy (non-hydrogen) atoms. The second-order valence-electron chi connectivity index (χ2n) is 3.20. The number of aryl methyl sites for hydroxylation is 1. The van der Waals surface area contributed by atoms with Gasteiger partial charge in [-0.1, -0.05) is 36.3 Å². The maximum atomic E-state index is 8.57. The highest BCUT2D eigenvalue weighted by molar-refractivity contribution is 6.31. The first kappa shape index (κ1) is 11.1. The lowest BCUT2D eigenvalue weighted by Gasteiger charge is -2.08. The fourth-order valence-electron chi connectivity index (χ4n) is 1.21. The molecule has 0 aliphatic heterocycles. The number of nitrogens with zero attached hydrogens (tertiary/aromatic N) is 1. The molecular formula is C11H14ClNO. The first-order chi connectivity index (χ1) is 6.69. The van der Waals surface area contributed by atoms with E-state index in [1.807, 2.05) is 24.3 Å². The molecule has 0 aliphatic carbocycles. The third kappa shape index (κ3) is 2.48. The number of benzene rings is 1. The second-order valence-corrected chi connectivity index (χ2v) is 3.64. The van der Waals surface area contributed by atoms with Gasteiger partial charge in [0.2, 0.25) is 0 Å². The molecule has 0 saturated carbocycles. The molecule has 0 saturated heterocycles. The molecule has 1 rings (SSSR count). The van der Waals surface area contributed by atoms with Crippen LogP contribution in [0.3, 0.4) is 0 Å². The van der Waals surface area contributed by atoms with E-state index < -0.39 is 0 Å². The minimum atomic E-state index is -0.342. The van der Waals surface area contributed by atoms with Gasteiger partial charge in [0.15, 0.2) is 0 Å². The summed E-state index contributed by atoms with van der Waals surface area (Å²) in [7, 11) is 0. The number of alkyl halides is 1. The van der Waals surface area contributed by atoms with Crippen LogP contribution in [0.1, 0.15) is 30.4 Å². The van der Waals surface area contributed by atoms with Crippen LogP contribution in [0.25, 0.3) is 0 Å². The van der Waals surface area contributed by atoms with Gasteiger partial charge >= 0.3 is 0 Å². The summed E-state index contributed by atoms with van der Waals surface area (Å²) in [6, 6.07) is 8.00. The van der Waals surface area contributed by atoms with Crippen molar-refractivity contribution in [3.8, 4) is 0 Å². The lowest BCUT2D eigenvalue weighted by Crippen LogP contribution is -2.02. The Bertz CT molecular complexity index is 319. The average Bonchev–Trinajstić information content (AvgIpc) is 2.27. The molecule has 0 fully saturated rings. The van der Waals surface area contributed by atoms with Crippen LogP contribution in [0.5, 0.6) is 0 Å². The zero-order valence-corrected chi connectivity index (χ0v) is 9.12. The monoisotopic (exact) mass is 211 g/mol. The van der Waals surface area contributed by atoms with E-state index in [1.54, 1.807) is 6.92 Å². The van der Waals surface area contributed by atoms with Crippen LogP contribution in [0.4, 0.5) is 0 Å². The minimum Gasteiger partial charge on any atom is -0.411 e. The smallest absolute Gasteiger partial charge is 0.0997 e. The van der Waals surface area contributed by atoms with Crippen molar-refractivity contribution in [2.75, 3.05) is 0 Å². The van der Waals surface area contributed by atoms with Gasteiger partial charge in [-0.15, -0.1) is 11.6 Å². The lowest BCUT2D eigenvalue weighted by atomic mass is 10.1. The third-order valence-corrected chi connectivity index (χ3v) is 2.77. The van der Waals surface area contributed by atoms with E-state index in [2.05, 4.69) is 12.1 Å². The van der Waals surface area contributed by atoms with Gasteiger partial charge in [-0.05, 0) is 24.5 Å². The van der Waals surface area contributed by atoms with E-state index in [-0.39, 0.29) is 5.38 Å². The van der Waals surface area contributed by atoms with Gasteiger partial charge in [-0.3, -0.25) is 0 Å². The first-order valence-corrected chi connectivity index (χ1v) is 5.04. The van der Waals surface area contributed by atoms with Crippen molar-refractivity contribution in [1.29, 1.82) is 0 Å². The third-order valence-electron chi connectivity index (χ3n) is 2.21. The molecule has 1 atom stereocenters. The van der Waals surface area contributed by atoms with Crippen LogP contribution in [0.15, 0.2) is 29.4 Å². The van der Waals surface area contributed by atoms with Crippen LogP contribution in [0.2, 0.25) is 0 Å². The van der Waals surface area contributed by atoms with Gasteiger partial charge in [-0.2, -0.15) is 0 Å². The molecule has 1 aromatic carbocycles. The molecule has 0 aromatic heterocycles. The molecule has 3 heteroatoms. The zero-order valence-electron chi connectivity index (χ0n) is 8.37. The summed E-state index contributed by atoms with van der Waals surface area (Å²) in [5.41, 5.74) is 2.74. The van der Waals surface area contributed by atoms with Crippen LogP contribution >= 0.6 is 11.6 Å². The Labute approximate surface area is 89.2 Å². The SMILES string of the molecule is CCc1ccc(C(Cl)/C(C)=N/O)cc1. The quantitative estimate of drug-likeness (QED) is 0.354. The van der Waals surface area contributed by atoms with Crippen molar-refractivity contribution in [1.82, 2.24) is 0 Å². The summed E-state index contributed by atoms with van der Waals surface area (Å²) in [5, 5.41) is 11.3. The van der Waals surface area contributed by atoms with Crippen molar-refractivity contribution in [2.45, 2.75) is 25.6 Å². The molecule has 0 heterocycles. The summed E-state index contributed by atoms with van der Waals surface area (Å²) >= 11 is 6.06. The Hall–Kier alpha value is -1.02. The molecule has 0 bridgehead atoms. The number of hydrogen-bond donors (Lipinski definition) is 1. The Morgan fingerprint density at radius 1 is 1.43 bits per heavy atom. The van der Waals surface area contributed by atoms with Crippen LogP contribution in [-0.2, 0) is 6.42 Å². The molecule has 2 nitrogen and oxygen atoms in total. The maximum Gasteiger partial charge on any atom is 0.0997 e. The molecule has 0 amide bonds. The average molecular weight is 212 g/mol. The highest BCUT2D eigenvalue weighted by atomic mass is 35.5. The number of oxime groups is 1. The molecule has 1 aromatic rings. The maximum absolute atomic E-state index is 8.57. The molecule has 76 valence electrons. The molecule has 0 aliphatic rings. The summed E-state index contributed by atoms with van der Waals surface area (Å²) in [6.07, 6.45) is 1.01. The predicted octanol–water partition coefficient (Wildman–Crippen LogP) is 3.38. The summed E-state index contributed by atoms with van der Waals surface area (Å²) < 4.78 is 0. The summed E-state index contributed by atoms with van der Waals surface area (Å²) in [6.45, 7) is 3.80. The van der Waals surface area contributed by atoms with Crippen molar-refractivity contribution in [3.05, 3.63) is 35.4 Å². The topological polar surface area (TPSA) is 32.6 Å². The van der Waals surface area contributed by atoms with Crippen molar-refractivity contribution in [2.24, 2.45) is 5.16 Å². The van der Waals surface area contributed by atoms with Gasteiger partial charge in [-0.25, -0.2) is 0 Å². The van der Waals surface area contributed by atoms with Gasteiger partial charge in [0.1, 0.15) is 0 Å². The highest BCUT2D eigenvalue weighted by Crippen LogP contribution is 2.22. The molecule has 1 unspecified atom stereocenters. The number of hydrogen-bond acceptors (Lipinski definition) is 2. The summed E-state index contributed by atoms with van der Waals surface area (Å²) in [5.74, 6) is 0. The lowest BCUT2D eigenvalue weighted by molar-refractivity contribution is 0.317. The van der Waals surface area contributed by atoms with E-state index >= 15 is 0 Å². The largest absolute Gasteiger partial charge is 0.411 e.